The van der Waals surface area contributed by atoms with Crippen molar-refractivity contribution in [2.24, 2.45) is 0 Å². The molecule has 1 N–H and O–H groups in total. The van der Waals surface area contributed by atoms with Gasteiger partial charge in [0, 0.05) is 19.5 Å². The average Bonchev–Trinajstić information content (AvgIpc) is 2.84. The Hall–Kier alpha value is -3.60. The monoisotopic (exact) mass is 472 g/mol. The maximum atomic E-state index is 13.6. The molecule has 0 spiro atoms. The molecule has 0 aliphatic heterocycles. The normalized spacial score (nSPS) is 11.5. The van der Waals surface area contributed by atoms with Gasteiger partial charge in [0.2, 0.25) is 5.91 Å². The van der Waals surface area contributed by atoms with Crippen molar-refractivity contribution in [3.63, 3.8) is 0 Å². The Labute approximate surface area is 209 Å². The molecule has 5 nitrogen and oxygen atoms in total. The van der Waals surface area contributed by atoms with Crippen LogP contribution in [0.25, 0.3) is 0 Å². The van der Waals surface area contributed by atoms with Gasteiger partial charge >= 0.3 is 0 Å². The smallest absolute Gasteiger partial charge is 0.261 e. The second kappa shape index (κ2) is 12.7. The van der Waals surface area contributed by atoms with Crippen molar-refractivity contribution in [2.45, 2.75) is 53.1 Å². The van der Waals surface area contributed by atoms with E-state index in [4.69, 9.17) is 4.74 Å². The van der Waals surface area contributed by atoms with Crippen LogP contribution in [0.3, 0.4) is 0 Å². The summed E-state index contributed by atoms with van der Waals surface area (Å²) in [6, 6.07) is 23.1. The lowest BCUT2D eigenvalue weighted by Crippen LogP contribution is -2.51. The number of carbonyl (C=O) groups is 2. The number of benzene rings is 3. The van der Waals surface area contributed by atoms with Gasteiger partial charge < -0.3 is 15.0 Å². The van der Waals surface area contributed by atoms with Crippen LogP contribution >= 0.6 is 0 Å². The maximum Gasteiger partial charge on any atom is 0.261 e. The van der Waals surface area contributed by atoms with Gasteiger partial charge in [0.15, 0.2) is 6.61 Å². The van der Waals surface area contributed by atoms with Crippen molar-refractivity contribution in [1.29, 1.82) is 0 Å². The van der Waals surface area contributed by atoms with Gasteiger partial charge in [-0.1, -0.05) is 84.8 Å². The standard InChI is InChI=1S/C30H36N2O3/c1-5-16-31-30(34)27(19-25-11-7-6-8-12-25)32(20-26-13-9-10-22(2)18-26)29(33)21-35-28-15-14-23(3)17-24(28)4/h6-15,17-18,27H,5,16,19-21H2,1-4H3,(H,31,34)/t27-/m1/s1. The van der Waals surface area contributed by atoms with Crippen LogP contribution in [-0.2, 0) is 22.6 Å². The highest BCUT2D eigenvalue weighted by Crippen LogP contribution is 2.20. The van der Waals surface area contributed by atoms with Gasteiger partial charge in [-0.15, -0.1) is 0 Å². The van der Waals surface area contributed by atoms with E-state index in [1.807, 2.05) is 94.4 Å². The van der Waals surface area contributed by atoms with Crippen LogP contribution in [0.1, 0.15) is 41.2 Å². The quantitative estimate of drug-likeness (QED) is 0.420. The first-order valence-electron chi connectivity index (χ1n) is 12.2. The Morgan fingerprint density at radius 1 is 0.886 bits per heavy atom. The summed E-state index contributed by atoms with van der Waals surface area (Å²) in [4.78, 5) is 28.6. The molecular weight excluding hydrogens is 436 g/mol. The first-order valence-corrected chi connectivity index (χ1v) is 12.2. The van der Waals surface area contributed by atoms with Crippen LogP contribution in [0.4, 0.5) is 0 Å². The summed E-state index contributed by atoms with van der Waals surface area (Å²) in [7, 11) is 0. The minimum atomic E-state index is -0.653. The maximum absolute atomic E-state index is 13.6. The van der Waals surface area contributed by atoms with E-state index in [1.54, 1.807) is 4.90 Å². The second-order valence-corrected chi connectivity index (χ2v) is 9.06. The van der Waals surface area contributed by atoms with Gasteiger partial charge in [0.05, 0.1) is 0 Å². The summed E-state index contributed by atoms with van der Waals surface area (Å²) in [6.07, 6.45) is 1.25. The minimum Gasteiger partial charge on any atom is -0.483 e. The zero-order valence-corrected chi connectivity index (χ0v) is 21.2. The fourth-order valence-electron chi connectivity index (χ4n) is 4.11. The number of ether oxygens (including phenoxy) is 1. The summed E-state index contributed by atoms with van der Waals surface area (Å²) in [6.45, 7) is 8.78. The summed E-state index contributed by atoms with van der Waals surface area (Å²) in [5.41, 5.74) is 5.20. The molecule has 0 heterocycles. The number of hydrogen-bond acceptors (Lipinski definition) is 3. The number of rotatable bonds is 11. The van der Waals surface area contributed by atoms with Crippen molar-refractivity contribution in [1.82, 2.24) is 10.2 Å². The largest absolute Gasteiger partial charge is 0.483 e. The molecule has 0 aliphatic carbocycles. The number of amides is 2. The van der Waals surface area contributed by atoms with E-state index < -0.39 is 6.04 Å². The van der Waals surface area contributed by atoms with Crippen LogP contribution in [-0.4, -0.2) is 35.9 Å². The van der Waals surface area contributed by atoms with Crippen LogP contribution < -0.4 is 10.1 Å². The fraction of sp³-hybridized carbons (Fsp3) is 0.333. The molecule has 0 unspecified atom stereocenters. The van der Waals surface area contributed by atoms with Crippen molar-refractivity contribution in [2.75, 3.05) is 13.2 Å². The van der Waals surface area contributed by atoms with Gasteiger partial charge in [-0.2, -0.15) is 0 Å². The first-order chi connectivity index (χ1) is 16.9. The lowest BCUT2D eigenvalue weighted by molar-refractivity contribution is -0.142. The SMILES string of the molecule is CCCNC(=O)[C@@H](Cc1ccccc1)N(Cc1cccc(C)c1)C(=O)COc1ccc(C)cc1C. The van der Waals surface area contributed by atoms with Crippen LogP contribution in [0, 0.1) is 20.8 Å². The lowest BCUT2D eigenvalue weighted by atomic mass is 10.0. The van der Waals surface area contributed by atoms with Gasteiger partial charge in [-0.05, 0) is 49.9 Å². The predicted octanol–water partition coefficient (Wildman–Crippen LogP) is 5.16. The van der Waals surface area contributed by atoms with Crippen LogP contribution in [0.15, 0.2) is 72.8 Å². The van der Waals surface area contributed by atoms with E-state index in [1.165, 1.54) is 0 Å². The number of nitrogens with one attached hydrogen (secondary N) is 1. The van der Waals surface area contributed by atoms with Crippen molar-refractivity contribution < 1.29 is 14.3 Å². The molecule has 0 aliphatic rings. The van der Waals surface area contributed by atoms with E-state index in [-0.39, 0.29) is 18.4 Å². The molecule has 0 saturated carbocycles. The third kappa shape index (κ3) is 7.71. The number of hydrogen-bond donors (Lipinski definition) is 1. The molecule has 0 aromatic heterocycles. The topological polar surface area (TPSA) is 58.6 Å². The van der Waals surface area contributed by atoms with E-state index >= 15 is 0 Å². The predicted molar refractivity (Wildman–Crippen MR) is 140 cm³/mol. The minimum absolute atomic E-state index is 0.137. The zero-order valence-electron chi connectivity index (χ0n) is 21.2. The highest BCUT2D eigenvalue weighted by Gasteiger charge is 2.30. The Kier molecular flexibility index (Phi) is 9.47. The summed E-state index contributed by atoms with van der Waals surface area (Å²) in [5, 5.41) is 3.00. The molecule has 0 bridgehead atoms. The first kappa shape index (κ1) is 26.0. The molecule has 3 aromatic carbocycles. The molecule has 0 saturated heterocycles. The van der Waals surface area contributed by atoms with E-state index in [9.17, 15) is 9.59 Å². The average molecular weight is 473 g/mol. The van der Waals surface area contributed by atoms with Gasteiger partial charge in [0.1, 0.15) is 11.8 Å². The van der Waals surface area contributed by atoms with Crippen molar-refractivity contribution in [3.8, 4) is 5.75 Å². The molecule has 1 atom stereocenters. The molecule has 0 radical (unpaired) electrons. The van der Waals surface area contributed by atoms with E-state index in [0.717, 1.165) is 34.2 Å². The second-order valence-electron chi connectivity index (χ2n) is 9.06. The number of carbonyl (C=O) groups excluding carboxylic acids is 2. The zero-order chi connectivity index (χ0) is 25.2. The molecule has 5 heteroatoms. The van der Waals surface area contributed by atoms with Gasteiger partial charge in [0.25, 0.3) is 5.91 Å². The molecular formula is C30H36N2O3. The third-order valence-corrected chi connectivity index (χ3v) is 5.94. The van der Waals surface area contributed by atoms with Crippen LogP contribution in [0.5, 0.6) is 5.75 Å². The molecule has 184 valence electrons. The lowest BCUT2D eigenvalue weighted by Gasteiger charge is -2.31. The summed E-state index contributed by atoms with van der Waals surface area (Å²) in [5.74, 6) is 0.303. The fourth-order valence-corrected chi connectivity index (χ4v) is 4.11. The molecule has 2 amide bonds. The highest BCUT2D eigenvalue weighted by atomic mass is 16.5. The number of nitrogens with zero attached hydrogens (tertiary/aromatic N) is 1. The summed E-state index contributed by atoms with van der Waals surface area (Å²) < 4.78 is 5.93. The Bertz CT molecular complexity index is 1130. The molecule has 0 fully saturated rings. The Morgan fingerprint density at radius 3 is 2.29 bits per heavy atom. The molecule has 3 rings (SSSR count). The van der Waals surface area contributed by atoms with E-state index in [0.29, 0.717) is 25.3 Å². The number of aryl methyl sites for hydroxylation is 3. The van der Waals surface area contributed by atoms with Crippen LogP contribution in [0.2, 0.25) is 0 Å². The van der Waals surface area contributed by atoms with Gasteiger partial charge in [-0.25, -0.2) is 0 Å². The highest BCUT2D eigenvalue weighted by molar-refractivity contribution is 5.88. The van der Waals surface area contributed by atoms with Crippen molar-refractivity contribution >= 4 is 11.8 Å². The Morgan fingerprint density at radius 2 is 1.60 bits per heavy atom. The Balaban J connectivity index is 1.90. The molecule has 35 heavy (non-hydrogen) atoms. The molecule has 3 aromatic rings. The van der Waals surface area contributed by atoms with E-state index in [2.05, 4.69) is 11.4 Å². The summed E-state index contributed by atoms with van der Waals surface area (Å²) >= 11 is 0. The van der Waals surface area contributed by atoms with Crippen molar-refractivity contribution in [3.05, 3.63) is 101 Å². The third-order valence-electron chi connectivity index (χ3n) is 5.94. The van der Waals surface area contributed by atoms with Gasteiger partial charge in [-0.3, -0.25) is 9.59 Å².